The van der Waals surface area contributed by atoms with Gasteiger partial charge in [-0.2, -0.15) is 13.2 Å². The van der Waals surface area contributed by atoms with Crippen LogP contribution in [0, 0.1) is 6.92 Å². The van der Waals surface area contributed by atoms with Crippen molar-refractivity contribution in [2.45, 2.75) is 65.6 Å². The average molecular weight is 293 g/mol. The van der Waals surface area contributed by atoms with Crippen LogP contribution < -0.4 is 5.32 Å². The van der Waals surface area contributed by atoms with E-state index in [9.17, 15) is 13.2 Å². The molecular formula is C14H22F3NO2. The molecule has 0 fully saturated rings. The van der Waals surface area contributed by atoms with Crippen molar-refractivity contribution in [3.05, 3.63) is 23.2 Å². The molecule has 1 N–H and O–H groups in total. The quantitative estimate of drug-likeness (QED) is 0.892. The van der Waals surface area contributed by atoms with Gasteiger partial charge in [0.15, 0.2) is 6.10 Å². The zero-order chi connectivity index (χ0) is 15.6. The highest BCUT2D eigenvalue weighted by molar-refractivity contribution is 5.20. The monoisotopic (exact) mass is 293 g/mol. The van der Waals surface area contributed by atoms with Crippen molar-refractivity contribution in [2.24, 2.45) is 0 Å². The molecule has 0 amide bonds. The van der Waals surface area contributed by atoms with E-state index in [0.29, 0.717) is 23.6 Å². The van der Waals surface area contributed by atoms with Gasteiger partial charge in [0.05, 0.1) is 13.2 Å². The molecule has 6 heteroatoms. The number of nitrogens with one attached hydrogen (secondary N) is 1. The molecule has 116 valence electrons. The van der Waals surface area contributed by atoms with Crippen molar-refractivity contribution >= 4 is 0 Å². The van der Waals surface area contributed by atoms with E-state index in [0.717, 1.165) is 6.92 Å². The highest BCUT2D eigenvalue weighted by Gasteiger charge is 2.37. The fourth-order valence-electron chi connectivity index (χ4n) is 1.48. The predicted octanol–water partition coefficient (Wildman–Crippen LogP) is 3.94. The van der Waals surface area contributed by atoms with E-state index < -0.39 is 12.3 Å². The van der Waals surface area contributed by atoms with Gasteiger partial charge < -0.3 is 14.5 Å². The number of rotatable bonds is 5. The third-order valence-electron chi connectivity index (χ3n) is 2.81. The molecule has 0 saturated heterocycles. The van der Waals surface area contributed by atoms with Crippen molar-refractivity contribution in [2.75, 3.05) is 0 Å². The van der Waals surface area contributed by atoms with Crippen molar-refractivity contribution < 1.29 is 22.3 Å². The molecule has 1 unspecified atom stereocenters. The average Bonchev–Trinajstić information content (AvgIpc) is 2.62. The number of alkyl halides is 3. The Hall–Kier alpha value is -1.01. The summed E-state index contributed by atoms with van der Waals surface area (Å²) in [6.07, 6.45) is -6.12. The van der Waals surface area contributed by atoms with Crippen LogP contribution >= 0.6 is 0 Å². The number of halogens is 3. The topological polar surface area (TPSA) is 34.4 Å². The molecule has 0 spiro atoms. The van der Waals surface area contributed by atoms with E-state index in [4.69, 9.17) is 9.15 Å². The van der Waals surface area contributed by atoms with E-state index >= 15 is 0 Å². The third kappa shape index (κ3) is 5.54. The minimum absolute atomic E-state index is 0.0534. The van der Waals surface area contributed by atoms with Crippen LogP contribution in [0.25, 0.3) is 0 Å². The van der Waals surface area contributed by atoms with E-state index in [1.165, 1.54) is 0 Å². The first-order valence-corrected chi connectivity index (χ1v) is 6.50. The van der Waals surface area contributed by atoms with E-state index in [-0.39, 0.29) is 12.1 Å². The molecule has 0 saturated carbocycles. The summed E-state index contributed by atoms with van der Waals surface area (Å²) in [7, 11) is 0. The summed E-state index contributed by atoms with van der Waals surface area (Å²) in [6, 6.07) is 1.73. The molecule has 0 radical (unpaired) electrons. The molecule has 1 aromatic heterocycles. The standard InChI is InChI=1S/C14H22F3NO2/c1-9-11(8-19-10(2)14(15,16)17)6-12(20-9)7-18-13(3,4)5/h6,10,18H,7-8H2,1-5H3. The fraction of sp³-hybridized carbons (Fsp3) is 0.714. The van der Waals surface area contributed by atoms with Gasteiger partial charge in [0, 0.05) is 11.1 Å². The van der Waals surface area contributed by atoms with Gasteiger partial charge in [0.2, 0.25) is 0 Å². The number of hydrogen-bond acceptors (Lipinski definition) is 3. The Kier molecular flexibility index (Phi) is 5.27. The molecule has 20 heavy (non-hydrogen) atoms. The van der Waals surface area contributed by atoms with Crippen LogP contribution in [0.4, 0.5) is 13.2 Å². The molecule has 1 atom stereocenters. The van der Waals surface area contributed by atoms with Crippen molar-refractivity contribution in [3.8, 4) is 0 Å². The van der Waals surface area contributed by atoms with Crippen molar-refractivity contribution in [1.29, 1.82) is 0 Å². The van der Waals surface area contributed by atoms with Crippen molar-refractivity contribution in [1.82, 2.24) is 5.32 Å². The fourth-order valence-corrected chi connectivity index (χ4v) is 1.48. The van der Waals surface area contributed by atoms with E-state index in [1.807, 2.05) is 20.8 Å². The molecular weight excluding hydrogens is 271 g/mol. The Labute approximate surface area is 117 Å². The summed E-state index contributed by atoms with van der Waals surface area (Å²) in [5, 5.41) is 3.25. The van der Waals surface area contributed by atoms with Crippen LogP contribution in [-0.4, -0.2) is 17.8 Å². The molecule has 0 bridgehead atoms. The zero-order valence-electron chi connectivity index (χ0n) is 12.5. The summed E-state index contributed by atoms with van der Waals surface area (Å²) >= 11 is 0. The van der Waals surface area contributed by atoms with Gasteiger partial charge in [-0.3, -0.25) is 0 Å². The van der Waals surface area contributed by atoms with Gasteiger partial charge >= 0.3 is 6.18 Å². The highest BCUT2D eigenvalue weighted by atomic mass is 19.4. The maximum atomic E-state index is 12.4. The van der Waals surface area contributed by atoms with Gasteiger partial charge in [0.25, 0.3) is 0 Å². The predicted molar refractivity (Wildman–Crippen MR) is 70.3 cm³/mol. The second-order valence-corrected chi connectivity index (χ2v) is 5.89. The Morgan fingerprint density at radius 3 is 2.40 bits per heavy atom. The first-order chi connectivity index (χ1) is 8.99. The SMILES string of the molecule is Cc1oc(CNC(C)(C)C)cc1COC(C)C(F)(F)F. The first-order valence-electron chi connectivity index (χ1n) is 6.50. The molecule has 0 aromatic carbocycles. The number of ether oxygens (including phenoxy) is 1. The highest BCUT2D eigenvalue weighted by Crippen LogP contribution is 2.24. The molecule has 0 aliphatic rings. The number of aryl methyl sites for hydroxylation is 1. The van der Waals surface area contributed by atoms with E-state index in [2.05, 4.69) is 5.32 Å². The maximum absolute atomic E-state index is 12.4. The lowest BCUT2D eigenvalue weighted by molar-refractivity contribution is -0.217. The third-order valence-corrected chi connectivity index (χ3v) is 2.81. The zero-order valence-corrected chi connectivity index (χ0v) is 12.5. The summed E-state index contributed by atoms with van der Waals surface area (Å²) < 4.78 is 47.4. The minimum atomic E-state index is -4.34. The molecule has 3 nitrogen and oxygen atoms in total. The Morgan fingerprint density at radius 2 is 1.90 bits per heavy atom. The van der Waals surface area contributed by atoms with Gasteiger partial charge in [-0.05, 0) is 40.7 Å². The van der Waals surface area contributed by atoms with Crippen molar-refractivity contribution in [3.63, 3.8) is 0 Å². The summed E-state index contributed by atoms with van der Waals surface area (Å²) in [6.45, 7) is 9.22. The molecule has 1 heterocycles. The molecule has 1 rings (SSSR count). The lowest BCUT2D eigenvalue weighted by Crippen LogP contribution is -2.34. The number of hydrogen-bond donors (Lipinski definition) is 1. The molecule has 0 aliphatic carbocycles. The molecule has 0 aliphatic heterocycles. The van der Waals surface area contributed by atoms with Crippen LogP contribution in [-0.2, 0) is 17.9 Å². The lowest BCUT2D eigenvalue weighted by Gasteiger charge is -2.19. The smallest absolute Gasteiger partial charge is 0.414 e. The molecule has 1 aromatic rings. The van der Waals surface area contributed by atoms with Gasteiger partial charge in [0.1, 0.15) is 11.5 Å². The van der Waals surface area contributed by atoms with Gasteiger partial charge in [-0.25, -0.2) is 0 Å². The Bertz CT molecular complexity index is 433. The first kappa shape index (κ1) is 17.0. The minimum Gasteiger partial charge on any atom is -0.465 e. The summed E-state index contributed by atoms with van der Waals surface area (Å²) in [5.41, 5.74) is 0.592. The van der Waals surface area contributed by atoms with Crippen LogP contribution in [0.3, 0.4) is 0 Å². The largest absolute Gasteiger partial charge is 0.465 e. The van der Waals surface area contributed by atoms with Crippen LogP contribution in [0.5, 0.6) is 0 Å². The maximum Gasteiger partial charge on any atom is 0.414 e. The normalized spacial score (nSPS) is 14.6. The van der Waals surface area contributed by atoms with E-state index in [1.54, 1.807) is 13.0 Å². The van der Waals surface area contributed by atoms with Gasteiger partial charge in [-0.15, -0.1) is 0 Å². The summed E-state index contributed by atoms with van der Waals surface area (Å²) in [4.78, 5) is 0. The second kappa shape index (κ2) is 6.18. The second-order valence-electron chi connectivity index (χ2n) is 5.89. The Morgan fingerprint density at radius 1 is 1.30 bits per heavy atom. The van der Waals surface area contributed by atoms with Crippen LogP contribution in [0.2, 0.25) is 0 Å². The van der Waals surface area contributed by atoms with Gasteiger partial charge in [-0.1, -0.05) is 0 Å². The van der Waals surface area contributed by atoms with Crippen LogP contribution in [0.1, 0.15) is 44.8 Å². The Balaban J connectivity index is 2.58. The van der Waals surface area contributed by atoms with Crippen LogP contribution in [0.15, 0.2) is 10.5 Å². The summed E-state index contributed by atoms with van der Waals surface area (Å²) in [5.74, 6) is 1.28. The lowest BCUT2D eigenvalue weighted by atomic mass is 10.1. The number of furan rings is 1.